The molecule has 4 aromatic rings. The Hall–Kier alpha value is -2.91. The smallest absolute Gasteiger partial charge is 0.427 e. The summed E-state index contributed by atoms with van der Waals surface area (Å²) in [6.45, 7) is 5.70. The van der Waals surface area contributed by atoms with E-state index >= 15 is 0 Å². The van der Waals surface area contributed by atoms with Gasteiger partial charge in [0.1, 0.15) is 0 Å². The maximum absolute atomic E-state index is 13.7. The molecule has 8 heteroatoms. The quantitative estimate of drug-likeness (QED) is 0.289. The largest absolute Gasteiger partial charge is 0.455 e. The number of nitrogens with zero attached hydrogens (tertiary/aromatic N) is 2. The molecule has 1 aliphatic carbocycles. The molecule has 1 aromatic heterocycles. The van der Waals surface area contributed by atoms with E-state index in [0.717, 1.165) is 63.9 Å². The molecule has 200 valence electrons. The van der Waals surface area contributed by atoms with E-state index in [9.17, 15) is 14.8 Å². The topological polar surface area (TPSA) is 74.9 Å². The van der Waals surface area contributed by atoms with Crippen LogP contribution in [0.3, 0.4) is 0 Å². The van der Waals surface area contributed by atoms with Gasteiger partial charge < -0.3 is 19.7 Å². The summed E-state index contributed by atoms with van der Waals surface area (Å²) in [5.74, 6) is 0.296. The fraction of sp³-hybridized carbons (Fsp3) is 0.323. The van der Waals surface area contributed by atoms with Gasteiger partial charge in [-0.1, -0.05) is 40.2 Å². The second-order valence-electron chi connectivity index (χ2n) is 11.0. The van der Waals surface area contributed by atoms with Gasteiger partial charge in [-0.3, -0.25) is 9.36 Å². The van der Waals surface area contributed by atoms with Crippen LogP contribution in [0.2, 0.25) is 5.82 Å². The number of aryl methyl sites for hydroxylation is 1. The molecule has 2 heterocycles. The number of rotatable bonds is 6. The molecule has 2 N–H and O–H groups in total. The SMILES string of the molecule is Cc1cn(-c2ccc(N3C[C@@H](CC4CC4B(O)O)O[C@@H](C)C3)cc2)c(=O)c2cccc(-c3ccc(Br)cc3)c12. The molecule has 2 fully saturated rings. The summed E-state index contributed by atoms with van der Waals surface area (Å²) in [4.78, 5) is 16.0. The van der Waals surface area contributed by atoms with Crippen LogP contribution in [0.25, 0.3) is 27.6 Å². The average molecular weight is 587 g/mol. The molecule has 3 aromatic carbocycles. The highest BCUT2D eigenvalue weighted by atomic mass is 79.9. The number of hydrogen-bond donors (Lipinski definition) is 2. The predicted molar refractivity (Wildman–Crippen MR) is 161 cm³/mol. The van der Waals surface area contributed by atoms with Crippen molar-refractivity contribution in [1.29, 1.82) is 0 Å². The first-order valence-corrected chi connectivity index (χ1v) is 14.4. The monoisotopic (exact) mass is 586 g/mol. The van der Waals surface area contributed by atoms with Gasteiger partial charge in [0.15, 0.2) is 0 Å². The van der Waals surface area contributed by atoms with Crippen molar-refractivity contribution in [3.05, 3.63) is 93.3 Å². The molecule has 2 unspecified atom stereocenters. The van der Waals surface area contributed by atoms with Crippen molar-refractivity contribution in [2.75, 3.05) is 18.0 Å². The van der Waals surface area contributed by atoms with Gasteiger partial charge in [-0.05, 0) is 103 Å². The van der Waals surface area contributed by atoms with Gasteiger partial charge >= 0.3 is 7.12 Å². The third-order valence-corrected chi connectivity index (χ3v) is 8.66. The van der Waals surface area contributed by atoms with E-state index in [1.165, 1.54) is 0 Å². The molecule has 2 aliphatic rings. The summed E-state index contributed by atoms with van der Waals surface area (Å²) < 4.78 is 8.94. The molecule has 0 amide bonds. The zero-order valence-electron chi connectivity index (χ0n) is 22.1. The highest BCUT2D eigenvalue weighted by molar-refractivity contribution is 9.10. The van der Waals surface area contributed by atoms with Crippen molar-refractivity contribution in [3.8, 4) is 16.8 Å². The number of morpholine rings is 1. The van der Waals surface area contributed by atoms with Gasteiger partial charge in [0.05, 0.1) is 12.2 Å². The van der Waals surface area contributed by atoms with Crippen LogP contribution < -0.4 is 10.5 Å². The fourth-order valence-electron chi connectivity index (χ4n) is 6.12. The van der Waals surface area contributed by atoms with E-state index in [-0.39, 0.29) is 23.6 Å². The van der Waals surface area contributed by atoms with Gasteiger partial charge in [-0.15, -0.1) is 0 Å². The van der Waals surface area contributed by atoms with Crippen LogP contribution in [0, 0.1) is 12.8 Å². The standard InChI is InChI=1S/C31H32BBrN2O4/c1-19-16-35(31(36)28-5-3-4-27(30(19)28)21-6-8-23(33)9-7-21)25-12-10-24(11-13-25)34-17-20(2)39-26(18-34)14-22-15-29(22)32(37)38/h3-13,16,20,22,26,29,37-38H,14-15,17-18H2,1-2H3/t20-,22?,26+,29?/m0/s1. The molecule has 0 bridgehead atoms. The van der Waals surface area contributed by atoms with Crippen molar-refractivity contribution in [3.63, 3.8) is 0 Å². The zero-order valence-corrected chi connectivity index (χ0v) is 23.7. The number of hydrogen-bond acceptors (Lipinski definition) is 5. The van der Waals surface area contributed by atoms with E-state index in [4.69, 9.17) is 4.74 Å². The van der Waals surface area contributed by atoms with Gasteiger partial charge in [0.2, 0.25) is 0 Å². The van der Waals surface area contributed by atoms with E-state index in [1.54, 1.807) is 4.57 Å². The van der Waals surface area contributed by atoms with E-state index in [2.05, 4.69) is 65.0 Å². The van der Waals surface area contributed by atoms with Gasteiger partial charge in [0.25, 0.3) is 5.56 Å². The number of anilines is 1. The summed E-state index contributed by atoms with van der Waals surface area (Å²) in [6.07, 6.45) is 3.79. The second-order valence-corrected chi connectivity index (χ2v) is 11.9. The highest BCUT2D eigenvalue weighted by Crippen LogP contribution is 2.49. The molecular formula is C31H32BBrN2O4. The number of halogens is 1. The Balaban J connectivity index is 1.26. The van der Waals surface area contributed by atoms with Crippen molar-refractivity contribution in [2.24, 2.45) is 5.92 Å². The molecule has 1 saturated carbocycles. The predicted octanol–water partition coefficient (Wildman–Crippen LogP) is 5.58. The Morgan fingerprint density at radius 3 is 2.41 bits per heavy atom. The molecular weight excluding hydrogens is 555 g/mol. The van der Waals surface area contributed by atoms with E-state index < -0.39 is 7.12 Å². The Labute approximate surface area is 237 Å². The van der Waals surface area contributed by atoms with Crippen molar-refractivity contribution < 1.29 is 14.8 Å². The Bertz CT molecular complexity index is 1550. The van der Waals surface area contributed by atoms with Gasteiger partial charge in [0, 0.05) is 40.5 Å². The molecule has 4 atom stereocenters. The third kappa shape index (κ3) is 5.31. The van der Waals surface area contributed by atoms with Gasteiger partial charge in [-0.25, -0.2) is 0 Å². The molecule has 0 radical (unpaired) electrons. The molecule has 39 heavy (non-hydrogen) atoms. The van der Waals surface area contributed by atoms with Crippen LogP contribution in [-0.4, -0.2) is 47.0 Å². The summed E-state index contributed by atoms with van der Waals surface area (Å²) in [5, 5.41) is 20.6. The lowest BCUT2D eigenvalue weighted by Gasteiger charge is -2.38. The molecule has 1 saturated heterocycles. The number of fused-ring (bicyclic) bond motifs is 1. The van der Waals surface area contributed by atoms with Crippen LogP contribution in [0.5, 0.6) is 0 Å². The molecule has 1 aliphatic heterocycles. The number of ether oxygens (including phenoxy) is 1. The van der Waals surface area contributed by atoms with E-state index in [1.807, 2.05) is 42.6 Å². The van der Waals surface area contributed by atoms with Crippen LogP contribution in [0.4, 0.5) is 5.69 Å². The maximum atomic E-state index is 13.7. The fourth-order valence-corrected chi connectivity index (χ4v) is 6.38. The Morgan fingerprint density at radius 1 is 1.00 bits per heavy atom. The second kappa shape index (κ2) is 10.6. The Kier molecular flexibility index (Phi) is 7.14. The summed E-state index contributed by atoms with van der Waals surface area (Å²) in [7, 11) is -1.23. The lowest BCUT2D eigenvalue weighted by Crippen LogP contribution is -2.47. The van der Waals surface area contributed by atoms with Crippen LogP contribution in [0.15, 0.2) is 82.2 Å². The van der Waals surface area contributed by atoms with Crippen molar-refractivity contribution in [2.45, 2.75) is 44.7 Å². The van der Waals surface area contributed by atoms with Crippen LogP contribution >= 0.6 is 15.9 Å². The third-order valence-electron chi connectivity index (χ3n) is 8.13. The van der Waals surface area contributed by atoms with Crippen molar-refractivity contribution >= 4 is 39.5 Å². The summed E-state index contributed by atoms with van der Waals surface area (Å²) in [5.41, 5.74) is 5.07. The molecule has 6 rings (SSSR count). The first kappa shape index (κ1) is 26.3. The normalized spacial score (nSPS) is 22.7. The van der Waals surface area contributed by atoms with Crippen LogP contribution in [-0.2, 0) is 4.74 Å². The minimum atomic E-state index is -1.23. The first-order chi connectivity index (χ1) is 18.8. The van der Waals surface area contributed by atoms with E-state index in [0.29, 0.717) is 11.3 Å². The minimum Gasteiger partial charge on any atom is -0.427 e. The van der Waals surface area contributed by atoms with Crippen molar-refractivity contribution in [1.82, 2.24) is 4.57 Å². The number of aromatic nitrogens is 1. The lowest BCUT2D eigenvalue weighted by molar-refractivity contribution is -0.0224. The number of pyridine rings is 1. The molecule has 0 spiro atoms. The maximum Gasteiger partial charge on any atom is 0.455 e. The van der Waals surface area contributed by atoms with Crippen LogP contribution in [0.1, 0.15) is 25.3 Å². The van der Waals surface area contributed by atoms with Gasteiger partial charge in [-0.2, -0.15) is 0 Å². The highest BCUT2D eigenvalue weighted by Gasteiger charge is 2.46. The minimum absolute atomic E-state index is 0.0202. The average Bonchev–Trinajstić information content (AvgIpc) is 3.70. The number of benzene rings is 3. The lowest BCUT2D eigenvalue weighted by atomic mass is 9.81. The molecule has 6 nitrogen and oxygen atoms in total. The Morgan fingerprint density at radius 2 is 1.72 bits per heavy atom. The summed E-state index contributed by atoms with van der Waals surface area (Å²) in [6, 6.07) is 22.3. The summed E-state index contributed by atoms with van der Waals surface area (Å²) >= 11 is 3.50. The zero-order chi connectivity index (χ0) is 27.3. The first-order valence-electron chi connectivity index (χ1n) is 13.6.